The van der Waals surface area contributed by atoms with E-state index in [2.05, 4.69) is 9.97 Å². The Kier molecular flexibility index (Phi) is 1.23. The van der Waals surface area contributed by atoms with Crippen LogP contribution in [0.25, 0.3) is 0 Å². The lowest BCUT2D eigenvalue weighted by Crippen LogP contribution is -2.07. The Morgan fingerprint density at radius 3 is 2.73 bits per heavy atom. The van der Waals surface area contributed by atoms with Gasteiger partial charge >= 0.3 is 0 Å². The van der Waals surface area contributed by atoms with E-state index in [4.69, 9.17) is 0 Å². The Morgan fingerprint density at radius 1 is 1.45 bits per heavy atom. The summed E-state index contributed by atoms with van der Waals surface area (Å²) in [7, 11) is 0. The molecule has 58 valence electrons. The highest BCUT2D eigenvalue weighted by Gasteiger charge is 2.43. The van der Waals surface area contributed by atoms with E-state index in [0.29, 0.717) is 0 Å². The number of rotatable bonds is 1. The molecule has 11 heavy (non-hydrogen) atoms. The summed E-state index contributed by atoms with van der Waals surface area (Å²) in [6.07, 6.45) is 3.17. The summed E-state index contributed by atoms with van der Waals surface area (Å²) in [6, 6.07) is 1.84. The van der Waals surface area contributed by atoms with Crippen LogP contribution in [-0.4, -0.2) is 15.1 Å². The van der Waals surface area contributed by atoms with Crippen molar-refractivity contribution in [3.63, 3.8) is 0 Å². The second-order valence-electron chi connectivity index (χ2n) is 3.08. The molecule has 0 aromatic carbocycles. The molecule has 1 fully saturated rings. The lowest BCUT2D eigenvalue weighted by Gasteiger charge is -2.05. The van der Waals surface area contributed by atoms with Crippen LogP contribution >= 0.6 is 0 Å². The molecule has 1 aromatic rings. The molecule has 3 heteroatoms. The molecule has 1 heterocycles. The number of nitrogens with zero attached hydrogens (tertiary/aromatic N) is 2. The third kappa shape index (κ3) is 1.12. The summed E-state index contributed by atoms with van der Waals surface area (Å²) in [5.74, 6) is 0. The smallest absolute Gasteiger partial charge is 0.116 e. The fraction of sp³-hybridized carbons (Fsp3) is 0.500. The van der Waals surface area contributed by atoms with Crippen LogP contribution in [0.1, 0.15) is 24.2 Å². The largest absolute Gasteiger partial charge is 0.384 e. The van der Waals surface area contributed by atoms with E-state index >= 15 is 0 Å². The highest BCUT2D eigenvalue weighted by atomic mass is 16.3. The zero-order valence-electron chi connectivity index (χ0n) is 6.41. The van der Waals surface area contributed by atoms with E-state index in [1.807, 2.05) is 13.0 Å². The number of aryl methyl sites for hydroxylation is 1. The Hall–Kier alpha value is -0.960. The van der Waals surface area contributed by atoms with E-state index in [1.165, 1.54) is 6.33 Å². The van der Waals surface area contributed by atoms with Crippen LogP contribution in [0.2, 0.25) is 0 Å². The zero-order chi connectivity index (χ0) is 7.90. The Labute approximate surface area is 65.1 Å². The predicted octanol–water partition coefficient (Wildman–Crippen LogP) is 0.766. The van der Waals surface area contributed by atoms with Crippen LogP contribution in [-0.2, 0) is 5.60 Å². The van der Waals surface area contributed by atoms with Gasteiger partial charge in [-0.25, -0.2) is 9.97 Å². The third-order valence-corrected chi connectivity index (χ3v) is 2.00. The first-order chi connectivity index (χ1) is 5.21. The minimum absolute atomic E-state index is 0.617. The summed E-state index contributed by atoms with van der Waals surface area (Å²) in [4.78, 5) is 7.97. The maximum absolute atomic E-state index is 9.63. The van der Waals surface area contributed by atoms with E-state index < -0.39 is 5.60 Å². The molecular formula is C8H10N2O. The standard InChI is InChI=1S/C8H10N2O/c1-6-4-7(10-5-9-6)8(11)2-3-8/h4-5,11H,2-3H2,1H3. The van der Waals surface area contributed by atoms with Crippen molar-refractivity contribution in [2.75, 3.05) is 0 Å². The molecule has 0 saturated heterocycles. The van der Waals surface area contributed by atoms with Crippen molar-refractivity contribution >= 4 is 0 Å². The van der Waals surface area contributed by atoms with Gasteiger partial charge in [-0.2, -0.15) is 0 Å². The molecule has 0 radical (unpaired) electrons. The molecule has 0 bridgehead atoms. The molecule has 1 N–H and O–H groups in total. The van der Waals surface area contributed by atoms with Crippen LogP contribution in [0.5, 0.6) is 0 Å². The van der Waals surface area contributed by atoms with Gasteiger partial charge in [-0.3, -0.25) is 0 Å². The molecule has 0 spiro atoms. The molecular weight excluding hydrogens is 140 g/mol. The summed E-state index contributed by atoms with van der Waals surface area (Å²) in [5.41, 5.74) is 1.06. The Balaban J connectivity index is 2.38. The first-order valence-electron chi connectivity index (χ1n) is 3.72. The maximum atomic E-state index is 9.63. The van der Waals surface area contributed by atoms with Gasteiger partial charge in [0, 0.05) is 5.69 Å². The lowest BCUT2D eigenvalue weighted by atomic mass is 10.2. The minimum Gasteiger partial charge on any atom is -0.384 e. The highest BCUT2D eigenvalue weighted by Crippen LogP contribution is 2.43. The quantitative estimate of drug-likeness (QED) is 0.643. The highest BCUT2D eigenvalue weighted by molar-refractivity contribution is 5.20. The maximum Gasteiger partial charge on any atom is 0.116 e. The predicted molar refractivity (Wildman–Crippen MR) is 39.9 cm³/mol. The molecule has 0 atom stereocenters. The average Bonchev–Trinajstić information content (AvgIpc) is 2.70. The molecule has 0 unspecified atom stereocenters. The van der Waals surface area contributed by atoms with Crippen molar-refractivity contribution < 1.29 is 5.11 Å². The van der Waals surface area contributed by atoms with E-state index in [0.717, 1.165) is 24.2 Å². The second-order valence-corrected chi connectivity index (χ2v) is 3.08. The number of aromatic nitrogens is 2. The van der Waals surface area contributed by atoms with E-state index in [-0.39, 0.29) is 0 Å². The van der Waals surface area contributed by atoms with E-state index in [9.17, 15) is 5.11 Å². The molecule has 1 saturated carbocycles. The summed E-state index contributed by atoms with van der Waals surface area (Å²) in [6.45, 7) is 1.90. The molecule has 0 amide bonds. The Morgan fingerprint density at radius 2 is 2.18 bits per heavy atom. The van der Waals surface area contributed by atoms with Gasteiger partial charge in [-0.1, -0.05) is 0 Å². The van der Waals surface area contributed by atoms with Gasteiger partial charge in [0.15, 0.2) is 0 Å². The van der Waals surface area contributed by atoms with E-state index in [1.54, 1.807) is 0 Å². The minimum atomic E-state index is -0.617. The van der Waals surface area contributed by atoms with Crippen LogP contribution in [0.3, 0.4) is 0 Å². The first kappa shape index (κ1) is 6.73. The van der Waals surface area contributed by atoms with Gasteiger partial charge in [-0.15, -0.1) is 0 Å². The fourth-order valence-corrected chi connectivity index (χ4v) is 1.08. The zero-order valence-corrected chi connectivity index (χ0v) is 6.41. The molecule has 3 nitrogen and oxygen atoms in total. The molecule has 1 aliphatic rings. The third-order valence-electron chi connectivity index (χ3n) is 2.00. The second kappa shape index (κ2) is 2.01. The monoisotopic (exact) mass is 150 g/mol. The summed E-state index contributed by atoms with van der Waals surface area (Å²) >= 11 is 0. The summed E-state index contributed by atoms with van der Waals surface area (Å²) in [5, 5.41) is 9.63. The van der Waals surface area contributed by atoms with Gasteiger partial charge in [0.2, 0.25) is 0 Å². The number of hydrogen-bond donors (Lipinski definition) is 1. The average molecular weight is 150 g/mol. The van der Waals surface area contributed by atoms with Gasteiger partial charge < -0.3 is 5.11 Å². The lowest BCUT2D eigenvalue weighted by molar-refractivity contribution is 0.146. The number of aliphatic hydroxyl groups is 1. The SMILES string of the molecule is Cc1cc(C2(O)CC2)ncn1. The summed E-state index contributed by atoms with van der Waals surface area (Å²) < 4.78 is 0. The van der Waals surface area contributed by atoms with Crippen LogP contribution in [0.15, 0.2) is 12.4 Å². The molecule has 1 aliphatic carbocycles. The number of hydrogen-bond acceptors (Lipinski definition) is 3. The molecule has 2 rings (SSSR count). The van der Waals surface area contributed by atoms with Crippen molar-refractivity contribution in [1.29, 1.82) is 0 Å². The van der Waals surface area contributed by atoms with Gasteiger partial charge in [0.1, 0.15) is 11.9 Å². The van der Waals surface area contributed by atoms with Gasteiger partial charge in [0.05, 0.1) is 5.69 Å². The normalized spacial score (nSPS) is 19.8. The fourth-order valence-electron chi connectivity index (χ4n) is 1.08. The molecule has 0 aliphatic heterocycles. The van der Waals surface area contributed by atoms with Gasteiger partial charge in [0.25, 0.3) is 0 Å². The van der Waals surface area contributed by atoms with Crippen molar-refractivity contribution in [2.45, 2.75) is 25.4 Å². The topological polar surface area (TPSA) is 46.0 Å². The van der Waals surface area contributed by atoms with Crippen LogP contribution in [0, 0.1) is 6.92 Å². The van der Waals surface area contributed by atoms with Gasteiger partial charge in [-0.05, 0) is 25.8 Å². The van der Waals surface area contributed by atoms with Crippen LogP contribution in [0.4, 0.5) is 0 Å². The first-order valence-corrected chi connectivity index (χ1v) is 3.72. The van der Waals surface area contributed by atoms with Crippen molar-refractivity contribution in [3.05, 3.63) is 23.8 Å². The van der Waals surface area contributed by atoms with Crippen molar-refractivity contribution in [2.24, 2.45) is 0 Å². The van der Waals surface area contributed by atoms with Crippen LogP contribution < -0.4 is 0 Å². The Bertz CT molecular complexity index is 281. The molecule has 1 aromatic heterocycles. The van der Waals surface area contributed by atoms with Crippen molar-refractivity contribution in [1.82, 2.24) is 9.97 Å². The van der Waals surface area contributed by atoms with Crippen molar-refractivity contribution in [3.8, 4) is 0 Å².